The Morgan fingerprint density at radius 1 is 1.11 bits per heavy atom. The number of fused-ring (bicyclic) bond motifs is 2. The number of amides is 1. The quantitative estimate of drug-likeness (QED) is 0.344. The van der Waals surface area contributed by atoms with Gasteiger partial charge in [-0.2, -0.15) is 0 Å². The van der Waals surface area contributed by atoms with Crippen LogP contribution in [-0.2, 0) is 17.8 Å². The SMILES string of the molecule is Cc1cc(-c2[nH]c3ccc(-c4cc5c(s4)CN(C(=O)CC(C)O)CC5)cc3c2C(C)C)cc(C)n1. The molecule has 5 nitrogen and oxygen atoms in total. The maximum absolute atomic E-state index is 12.5. The number of H-pyrrole nitrogens is 1. The molecule has 1 atom stereocenters. The lowest BCUT2D eigenvalue weighted by atomic mass is 9.95. The standard InChI is InChI=1S/C29H33N3O2S/c1-16(2)28-23-13-20(6-7-24(23)31-29(28)22-10-17(3)30-18(4)11-22)25-14-21-8-9-32(15-26(21)35-25)27(34)12-19(5)33/h6-7,10-11,13-14,16,19,31,33H,8-9,12,15H2,1-5H3. The topological polar surface area (TPSA) is 69.2 Å². The number of aryl methyl sites for hydroxylation is 2. The number of aliphatic hydroxyl groups is 1. The fourth-order valence-electron chi connectivity index (χ4n) is 5.23. The zero-order valence-corrected chi connectivity index (χ0v) is 21.9. The molecule has 4 aromatic rings. The molecule has 4 heterocycles. The largest absolute Gasteiger partial charge is 0.393 e. The van der Waals surface area contributed by atoms with Crippen LogP contribution in [0.1, 0.15) is 60.5 Å². The molecule has 0 aliphatic carbocycles. The molecule has 1 amide bonds. The fourth-order valence-corrected chi connectivity index (χ4v) is 6.45. The number of rotatable bonds is 5. The third-order valence-corrected chi connectivity index (χ3v) is 7.99. The highest BCUT2D eigenvalue weighted by atomic mass is 32.1. The summed E-state index contributed by atoms with van der Waals surface area (Å²) in [5, 5.41) is 10.9. The predicted octanol–water partition coefficient (Wildman–Crippen LogP) is 6.35. The molecule has 35 heavy (non-hydrogen) atoms. The molecule has 2 N–H and O–H groups in total. The molecule has 5 rings (SSSR count). The third-order valence-electron chi connectivity index (χ3n) is 6.78. The van der Waals surface area contributed by atoms with Gasteiger partial charge in [0.2, 0.25) is 5.91 Å². The molecule has 0 fully saturated rings. The zero-order chi connectivity index (χ0) is 24.9. The Hall–Kier alpha value is -2.96. The Balaban J connectivity index is 1.52. The minimum Gasteiger partial charge on any atom is -0.393 e. The van der Waals surface area contributed by atoms with Crippen molar-refractivity contribution in [3.63, 3.8) is 0 Å². The van der Waals surface area contributed by atoms with Gasteiger partial charge in [0.15, 0.2) is 0 Å². The van der Waals surface area contributed by atoms with Gasteiger partial charge in [-0.15, -0.1) is 11.3 Å². The van der Waals surface area contributed by atoms with Gasteiger partial charge in [-0.25, -0.2) is 0 Å². The van der Waals surface area contributed by atoms with Crippen LogP contribution >= 0.6 is 11.3 Å². The van der Waals surface area contributed by atoms with Crippen LogP contribution in [0.5, 0.6) is 0 Å². The van der Waals surface area contributed by atoms with E-state index in [-0.39, 0.29) is 12.3 Å². The van der Waals surface area contributed by atoms with Crippen LogP contribution in [0, 0.1) is 13.8 Å². The summed E-state index contributed by atoms with van der Waals surface area (Å²) in [6.07, 6.45) is 0.455. The summed E-state index contributed by atoms with van der Waals surface area (Å²) in [4.78, 5) is 25.1. The van der Waals surface area contributed by atoms with Gasteiger partial charge in [-0.1, -0.05) is 19.9 Å². The molecule has 1 aliphatic rings. The van der Waals surface area contributed by atoms with Crippen molar-refractivity contribution < 1.29 is 9.90 Å². The number of aromatic nitrogens is 2. The fraction of sp³-hybridized carbons (Fsp3) is 0.379. The van der Waals surface area contributed by atoms with E-state index in [9.17, 15) is 9.90 Å². The first kappa shape index (κ1) is 23.8. The normalized spacial score (nSPS) is 14.5. The van der Waals surface area contributed by atoms with Gasteiger partial charge in [-0.05, 0) is 80.1 Å². The van der Waals surface area contributed by atoms with E-state index in [1.165, 1.54) is 43.1 Å². The number of pyridine rings is 1. The highest BCUT2D eigenvalue weighted by Gasteiger charge is 2.24. The zero-order valence-electron chi connectivity index (χ0n) is 21.1. The van der Waals surface area contributed by atoms with E-state index in [1.54, 1.807) is 18.3 Å². The van der Waals surface area contributed by atoms with Crippen molar-refractivity contribution in [2.24, 2.45) is 0 Å². The number of nitrogens with zero attached hydrogens (tertiary/aromatic N) is 2. The second-order valence-electron chi connectivity index (χ2n) is 10.1. The highest BCUT2D eigenvalue weighted by molar-refractivity contribution is 7.15. The number of hydrogen-bond acceptors (Lipinski definition) is 4. The maximum Gasteiger partial charge on any atom is 0.225 e. The first-order chi connectivity index (χ1) is 16.7. The van der Waals surface area contributed by atoms with Crippen LogP contribution in [-0.4, -0.2) is 38.5 Å². The van der Waals surface area contributed by atoms with E-state index in [0.29, 0.717) is 12.5 Å². The van der Waals surface area contributed by atoms with Crippen LogP contribution in [0.25, 0.3) is 32.6 Å². The van der Waals surface area contributed by atoms with Crippen molar-refractivity contribution in [2.75, 3.05) is 6.54 Å². The van der Waals surface area contributed by atoms with Gasteiger partial charge >= 0.3 is 0 Å². The van der Waals surface area contributed by atoms with Gasteiger partial charge in [0.05, 0.1) is 24.8 Å². The summed E-state index contributed by atoms with van der Waals surface area (Å²) in [5.74, 6) is 0.401. The van der Waals surface area contributed by atoms with Gasteiger partial charge in [0.25, 0.3) is 0 Å². The van der Waals surface area contributed by atoms with Crippen LogP contribution in [0.4, 0.5) is 0 Å². The van der Waals surface area contributed by atoms with Crippen LogP contribution in [0.3, 0.4) is 0 Å². The third kappa shape index (κ3) is 4.65. The van der Waals surface area contributed by atoms with E-state index < -0.39 is 6.10 Å². The maximum atomic E-state index is 12.5. The lowest BCUT2D eigenvalue weighted by Crippen LogP contribution is -2.36. The molecule has 0 saturated heterocycles. The highest BCUT2D eigenvalue weighted by Crippen LogP contribution is 2.40. The van der Waals surface area contributed by atoms with Gasteiger partial charge in [-0.3, -0.25) is 9.78 Å². The van der Waals surface area contributed by atoms with Gasteiger partial charge in [0, 0.05) is 44.2 Å². The van der Waals surface area contributed by atoms with E-state index in [1.807, 2.05) is 18.7 Å². The summed E-state index contributed by atoms with van der Waals surface area (Å²) >= 11 is 1.78. The molecular formula is C29H33N3O2S. The molecule has 3 aromatic heterocycles. The average Bonchev–Trinajstić information content (AvgIpc) is 3.38. The predicted molar refractivity (Wildman–Crippen MR) is 144 cm³/mol. The molecule has 0 bridgehead atoms. The number of thiophene rings is 1. The van der Waals surface area contributed by atoms with Gasteiger partial charge in [0.1, 0.15) is 0 Å². The van der Waals surface area contributed by atoms with E-state index in [2.05, 4.69) is 60.2 Å². The molecule has 1 aromatic carbocycles. The summed E-state index contributed by atoms with van der Waals surface area (Å²) in [6, 6.07) is 13.3. The van der Waals surface area contributed by atoms with Crippen molar-refractivity contribution in [1.82, 2.24) is 14.9 Å². The molecule has 182 valence electrons. The van der Waals surface area contributed by atoms with Crippen molar-refractivity contribution in [1.29, 1.82) is 0 Å². The summed E-state index contributed by atoms with van der Waals surface area (Å²) in [5.41, 5.74) is 9.46. The molecule has 0 radical (unpaired) electrons. The smallest absolute Gasteiger partial charge is 0.225 e. The first-order valence-electron chi connectivity index (χ1n) is 12.4. The number of carbonyl (C=O) groups excluding carboxylic acids is 1. The number of aromatic amines is 1. The van der Waals surface area contributed by atoms with E-state index in [0.717, 1.165) is 29.9 Å². The van der Waals surface area contributed by atoms with E-state index >= 15 is 0 Å². The van der Waals surface area contributed by atoms with E-state index in [4.69, 9.17) is 0 Å². The molecule has 0 saturated carbocycles. The lowest BCUT2D eigenvalue weighted by molar-refractivity contribution is -0.133. The average molecular weight is 488 g/mol. The Morgan fingerprint density at radius 2 is 1.86 bits per heavy atom. The number of carbonyl (C=O) groups is 1. The summed E-state index contributed by atoms with van der Waals surface area (Å²) in [7, 11) is 0. The van der Waals surface area contributed by atoms with Crippen LogP contribution in [0.2, 0.25) is 0 Å². The second-order valence-corrected chi connectivity index (χ2v) is 11.3. The Bertz CT molecular complexity index is 1390. The van der Waals surface area contributed by atoms with Crippen LogP contribution < -0.4 is 0 Å². The van der Waals surface area contributed by atoms with Crippen molar-refractivity contribution >= 4 is 28.1 Å². The van der Waals surface area contributed by atoms with Crippen LogP contribution in [0.15, 0.2) is 36.4 Å². The van der Waals surface area contributed by atoms with Crippen molar-refractivity contribution in [3.8, 4) is 21.7 Å². The monoisotopic (exact) mass is 487 g/mol. The Kier molecular flexibility index (Phi) is 6.28. The minimum absolute atomic E-state index is 0.0324. The first-order valence-corrected chi connectivity index (χ1v) is 13.2. The number of hydrogen-bond donors (Lipinski definition) is 2. The summed E-state index contributed by atoms with van der Waals surface area (Å²) in [6.45, 7) is 11.6. The Morgan fingerprint density at radius 3 is 2.54 bits per heavy atom. The molecule has 1 aliphatic heterocycles. The van der Waals surface area contributed by atoms with Crippen molar-refractivity contribution in [3.05, 3.63) is 63.8 Å². The van der Waals surface area contributed by atoms with Crippen molar-refractivity contribution in [2.45, 2.75) is 66.0 Å². The second kappa shape index (κ2) is 9.25. The Labute approximate surface area is 210 Å². The summed E-state index contributed by atoms with van der Waals surface area (Å²) < 4.78 is 0. The lowest BCUT2D eigenvalue weighted by Gasteiger charge is -2.27. The number of aliphatic hydroxyl groups excluding tert-OH is 1. The molecule has 0 spiro atoms. The number of benzene rings is 1. The molecule has 6 heteroatoms. The minimum atomic E-state index is -0.601. The number of nitrogens with one attached hydrogen (secondary N) is 1. The molecule has 1 unspecified atom stereocenters. The van der Waals surface area contributed by atoms with Gasteiger partial charge < -0.3 is 15.0 Å². The molecular weight excluding hydrogens is 454 g/mol.